The minimum atomic E-state index is -0.753. The number of aliphatic hydroxyl groups excluding tert-OH is 2. The van der Waals surface area contributed by atoms with Gasteiger partial charge >= 0.3 is 5.97 Å². The minimum absolute atomic E-state index is 0.0317. The van der Waals surface area contributed by atoms with Crippen LogP contribution in [0.4, 0.5) is 0 Å². The fourth-order valence-electron chi connectivity index (χ4n) is 6.56. The molecule has 0 radical (unpaired) electrons. The Kier molecular flexibility index (Phi) is 4.48. The number of rotatable bonds is 2. The van der Waals surface area contributed by atoms with E-state index in [0.717, 1.165) is 31.3 Å². The van der Waals surface area contributed by atoms with E-state index in [1.807, 2.05) is 13.0 Å². The number of esters is 1. The first kappa shape index (κ1) is 18.5. The summed E-state index contributed by atoms with van der Waals surface area (Å²) in [5, 5.41) is 20.9. The normalized spacial score (nSPS) is 50.3. The highest BCUT2D eigenvalue weighted by Crippen LogP contribution is 2.64. The second-order valence-corrected chi connectivity index (χ2v) is 9.31. The molecule has 4 unspecified atom stereocenters. The summed E-state index contributed by atoms with van der Waals surface area (Å²) < 4.78 is 11.4. The van der Waals surface area contributed by atoms with Crippen LogP contribution >= 0.6 is 0 Å². The van der Waals surface area contributed by atoms with Crippen LogP contribution < -0.4 is 0 Å². The molecule has 0 aromatic rings. The number of hydrogen-bond acceptors (Lipinski definition) is 5. The number of ether oxygens (including phenoxy) is 2. The van der Waals surface area contributed by atoms with E-state index in [0.29, 0.717) is 31.3 Å². The Balaban J connectivity index is 1.64. The van der Waals surface area contributed by atoms with Gasteiger partial charge in [-0.15, -0.1) is 0 Å². The van der Waals surface area contributed by atoms with Gasteiger partial charge < -0.3 is 19.7 Å². The third-order valence-electron chi connectivity index (χ3n) is 8.10. The van der Waals surface area contributed by atoms with Crippen molar-refractivity contribution in [3.05, 3.63) is 11.6 Å². The molecule has 146 valence electrons. The van der Waals surface area contributed by atoms with Crippen molar-refractivity contribution < 1.29 is 24.5 Å². The SMILES string of the molecule is CCC(=O)OC1CCC2C3C(CC[C@]12C)[C@@]1(C)CO[C@H](O)CC1=C[C@@H]3O. The molecular weight excluding hydrogens is 332 g/mol. The minimum Gasteiger partial charge on any atom is -0.462 e. The quantitative estimate of drug-likeness (QED) is 0.582. The molecule has 0 aromatic heterocycles. The van der Waals surface area contributed by atoms with Crippen LogP contribution in [0.25, 0.3) is 0 Å². The van der Waals surface area contributed by atoms with Crippen molar-refractivity contribution in [2.24, 2.45) is 28.6 Å². The number of fused-ring (bicyclic) bond motifs is 5. The van der Waals surface area contributed by atoms with Crippen molar-refractivity contribution in [2.45, 2.75) is 77.8 Å². The fourth-order valence-corrected chi connectivity index (χ4v) is 6.56. The summed E-state index contributed by atoms with van der Waals surface area (Å²) in [5.41, 5.74) is 0.993. The van der Waals surface area contributed by atoms with Crippen LogP contribution in [-0.2, 0) is 14.3 Å². The van der Waals surface area contributed by atoms with Crippen molar-refractivity contribution in [3.8, 4) is 0 Å². The lowest BCUT2D eigenvalue weighted by atomic mass is 9.49. The van der Waals surface area contributed by atoms with E-state index in [-0.39, 0.29) is 28.8 Å². The van der Waals surface area contributed by atoms with E-state index in [1.54, 1.807) is 0 Å². The predicted octanol–water partition coefficient (Wildman–Crippen LogP) is 2.80. The Hall–Kier alpha value is -0.910. The van der Waals surface area contributed by atoms with Gasteiger partial charge in [-0.25, -0.2) is 0 Å². The van der Waals surface area contributed by atoms with Gasteiger partial charge in [0, 0.05) is 23.7 Å². The molecule has 1 saturated heterocycles. The standard InChI is InChI=1S/C21H32O5/c1-4-17(23)26-16-6-5-13-19-14(7-8-20(13,16)2)21(3)11-25-18(24)10-12(21)9-15(19)22/h9,13-16,18-19,22,24H,4-8,10-11H2,1-3H3/t13?,14?,15-,16?,18-,19?,20-,21-/m0/s1. The van der Waals surface area contributed by atoms with Gasteiger partial charge in [0.05, 0.1) is 12.7 Å². The molecule has 1 heterocycles. The molecule has 2 saturated carbocycles. The highest BCUT2D eigenvalue weighted by molar-refractivity contribution is 5.69. The summed E-state index contributed by atoms with van der Waals surface area (Å²) in [7, 11) is 0. The second kappa shape index (κ2) is 6.32. The highest BCUT2D eigenvalue weighted by atomic mass is 16.6. The molecule has 3 aliphatic carbocycles. The molecule has 4 rings (SSSR count). The molecule has 5 heteroatoms. The first-order chi connectivity index (χ1) is 12.3. The first-order valence-corrected chi connectivity index (χ1v) is 10.2. The predicted molar refractivity (Wildman–Crippen MR) is 96.0 cm³/mol. The Morgan fingerprint density at radius 2 is 2.04 bits per heavy atom. The number of aliphatic hydroxyl groups is 2. The Bertz CT molecular complexity index is 616. The van der Waals surface area contributed by atoms with E-state index in [1.165, 1.54) is 0 Å². The van der Waals surface area contributed by atoms with Gasteiger partial charge in [0.1, 0.15) is 6.10 Å². The molecule has 0 bridgehead atoms. The number of carbonyl (C=O) groups is 1. The summed E-state index contributed by atoms with van der Waals surface area (Å²) in [5.74, 6) is 0.759. The maximum atomic E-state index is 11.9. The summed E-state index contributed by atoms with van der Waals surface area (Å²) in [6, 6.07) is 0. The molecule has 0 spiro atoms. The van der Waals surface area contributed by atoms with Crippen LogP contribution in [0.15, 0.2) is 11.6 Å². The average Bonchev–Trinajstić information content (AvgIpc) is 2.93. The van der Waals surface area contributed by atoms with Gasteiger partial charge in [0.25, 0.3) is 0 Å². The summed E-state index contributed by atoms with van der Waals surface area (Å²) >= 11 is 0. The van der Waals surface area contributed by atoms with Crippen molar-refractivity contribution in [2.75, 3.05) is 6.61 Å². The van der Waals surface area contributed by atoms with Crippen molar-refractivity contribution >= 4 is 5.97 Å². The van der Waals surface area contributed by atoms with Crippen molar-refractivity contribution in [3.63, 3.8) is 0 Å². The Morgan fingerprint density at radius 1 is 1.27 bits per heavy atom. The zero-order valence-electron chi connectivity index (χ0n) is 16.1. The molecule has 4 aliphatic rings. The van der Waals surface area contributed by atoms with Crippen LogP contribution in [0.2, 0.25) is 0 Å². The molecule has 3 fully saturated rings. The zero-order valence-corrected chi connectivity index (χ0v) is 16.1. The molecule has 2 N–H and O–H groups in total. The van der Waals surface area contributed by atoms with Gasteiger partial charge in [0.2, 0.25) is 0 Å². The van der Waals surface area contributed by atoms with Gasteiger partial charge in [-0.3, -0.25) is 4.79 Å². The lowest BCUT2D eigenvalue weighted by Crippen LogP contribution is -2.57. The van der Waals surface area contributed by atoms with Gasteiger partial charge in [-0.2, -0.15) is 0 Å². The third kappa shape index (κ3) is 2.58. The maximum absolute atomic E-state index is 11.9. The molecule has 1 aliphatic heterocycles. The average molecular weight is 364 g/mol. The van der Waals surface area contributed by atoms with Gasteiger partial charge in [-0.05, 0) is 43.4 Å². The Labute approximate surface area is 155 Å². The van der Waals surface area contributed by atoms with Crippen LogP contribution in [0.3, 0.4) is 0 Å². The monoisotopic (exact) mass is 364 g/mol. The summed E-state index contributed by atoms with van der Waals surface area (Å²) in [6.45, 7) is 6.85. The van der Waals surface area contributed by atoms with Gasteiger partial charge in [-0.1, -0.05) is 32.4 Å². The Morgan fingerprint density at radius 3 is 2.77 bits per heavy atom. The molecule has 0 aromatic carbocycles. The number of carbonyl (C=O) groups excluding carboxylic acids is 1. The van der Waals surface area contributed by atoms with Crippen molar-refractivity contribution in [1.82, 2.24) is 0 Å². The summed E-state index contributed by atoms with van der Waals surface area (Å²) in [6.07, 6.45) is 5.53. The van der Waals surface area contributed by atoms with E-state index in [4.69, 9.17) is 9.47 Å². The molecule has 5 nitrogen and oxygen atoms in total. The van der Waals surface area contributed by atoms with E-state index < -0.39 is 12.4 Å². The van der Waals surface area contributed by atoms with Crippen LogP contribution in [0.1, 0.15) is 59.3 Å². The first-order valence-electron chi connectivity index (χ1n) is 10.2. The smallest absolute Gasteiger partial charge is 0.305 e. The maximum Gasteiger partial charge on any atom is 0.305 e. The third-order valence-corrected chi connectivity index (χ3v) is 8.10. The lowest BCUT2D eigenvalue weighted by Gasteiger charge is -2.58. The topological polar surface area (TPSA) is 76.0 Å². The van der Waals surface area contributed by atoms with Crippen molar-refractivity contribution in [1.29, 1.82) is 0 Å². The van der Waals surface area contributed by atoms with E-state index in [2.05, 4.69) is 13.8 Å². The fraction of sp³-hybridized carbons (Fsp3) is 0.857. The largest absolute Gasteiger partial charge is 0.462 e. The zero-order chi connectivity index (χ0) is 18.7. The van der Waals surface area contributed by atoms with E-state index >= 15 is 0 Å². The molecule has 8 atom stereocenters. The highest BCUT2D eigenvalue weighted by Gasteiger charge is 2.61. The van der Waals surface area contributed by atoms with Crippen LogP contribution in [0.5, 0.6) is 0 Å². The van der Waals surface area contributed by atoms with E-state index in [9.17, 15) is 15.0 Å². The van der Waals surface area contributed by atoms with Gasteiger partial charge in [0.15, 0.2) is 6.29 Å². The van der Waals surface area contributed by atoms with Crippen LogP contribution in [0, 0.1) is 28.6 Å². The molecule has 26 heavy (non-hydrogen) atoms. The molecular formula is C21H32O5. The van der Waals surface area contributed by atoms with Crippen LogP contribution in [-0.4, -0.2) is 41.3 Å². The second-order valence-electron chi connectivity index (χ2n) is 9.31. The summed E-state index contributed by atoms with van der Waals surface area (Å²) in [4.78, 5) is 11.9. The number of hydrogen-bond donors (Lipinski definition) is 2. The molecule has 0 amide bonds. The lowest BCUT2D eigenvalue weighted by molar-refractivity contribution is -0.182.